The number of carboxylic acid groups (broad SMARTS) is 2. The van der Waals surface area contributed by atoms with Crippen LogP contribution in [0.5, 0.6) is 0 Å². The van der Waals surface area contributed by atoms with Crippen LogP contribution in [0.1, 0.15) is 12.1 Å². The van der Waals surface area contributed by atoms with Crippen LogP contribution >= 0.6 is 12.6 Å². The molecule has 13 nitrogen and oxygen atoms in total. The summed E-state index contributed by atoms with van der Waals surface area (Å²) >= 11 is 3.96. The Kier molecular flexibility index (Phi) is 9.61. The average molecular weight is 430 g/mol. The molecule has 0 fully saturated rings. The van der Waals surface area contributed by atoms with E-state index in [1.54, 1.807) is 0 Å². The first-order valence-corrected chi connectivity index (χ1v) is 8.93. The third-order valence-corrected chi connectivity index (χ3v) is 3.94. The number of carboxylic acids is 2. The van der Waals surface area contributed by atoms with Crippen LogP contribution < -0.4 is 21.7 Å². The summed E-state index contributed by atoms with van der Waals surface area (Å²) in [6, 6.07) is -3.76. The van der Waals surface area contributed by atoms with E-state index >= 15 is 0 Å². The van der Waals surface area contributed by atoms with Gasteiger partial charge in [-0.1, -0.05) is 0 Å². The highest BCUT2D eigenvalue weighted by Crippen LogP contribution is 2.02. The predicted molar refractivity (Wildman–Crippen MR) is 101 cm³/mol. The normalized spacial score (nSPS) is 13.6. The fraction of sp³-hybridized carbons (Fsp3) is 0.467. The molecular formula is C15H22N6O7S. The number of aromatic amines is 1. The van der Waals surface area contributed by atoms with Crippen LogP contribution in [0.4, 0.5) is 0 Å². The molecule has 0 aliphatic carbocycles. The van der Waals surface area contributed by atoms with Crippen LogP contribution in [0.2, 0.25) is 0 Å². The molecule has 0 aromatic carbocycles. The minimum atomic E-state index is -1.39. The number of carbonyl (C=O) groups excluding carboxylic acids is 3. The number of aliphatic carboxylic acids is 2. The second-order valence-electron chi connectivity index (χ2n) is 5.90. The summed E-state index contributed by atoms with van der Waals surface area (Å²) in [6.45, 7) is -0.642. The monoisotopic (exact) mass is 430 g/mol. The zero-order valence-electron chi connectivity index (χ0n) is 15.1. The summed E-state index contributed by atoms with van der Waals surface area (Å²) in [5.74, 6) is -5.11. The van der Waals surface area contributed by atoms with Gasteiger partial charge in [-0.2, -0.15) is 12.6 Å². The van der Waals surface area contributed by atoms with E-state index in [1.807, 2.05) is 0 Å². The van der Waals surface area contributed by atoms with Gasteiger partial charge in [0.2, 0.25) is 17.7 Å². The first-order chi connectivity index (χ1) is 13.6. The lowest BCUT2D eigenvalue weighted by molar-refractivity contribution is -0.139. The third-order valence-electron chi connectivity index (χ3n) is 3.57. The van der Waals surface area contributed by atoms with Crippen molar-refractivity contribution in [2.75, 3.05) is 12.3 Å². The third kappa shape index (κ3) is 8.61. The number of nitrogens with one attached hydrogen (secondary N) is 4. The fourth-order valence-electron chi connectivity index (χ4n) is 2.14. The SMILES string of the molecule is NC(CC(=O)O)C(=O)NC(Cc1cnc[nH]1)C(=O)NC(CS)C(=O)NCC(=O)O. The van der Waals surface area contributed by atoms with Crippen LogP contribution in [0.25, 0.3) is 0 Å². The molecule has 8 N–H and O–H groups in total. The largest absolute Gasteiger partial charge is 0.481 e. The van der Waals surface area contributed by atoms with Gasteiger partial charge in [0, 0.05) is 24.1 Å². The van der Waals surface area contributed by atoms with Crippen LogP contribution in [0, 0.1) is 0 Å². The van der Waals surface area contributed by atoms with E-state index in [9.17, 15) is 24.0 Å². The summed E-state index contributed by atoms with van der Waals surface area (Å²) in [6.07, 6.45) is 2.09. The smallest absolute Gasteiger partial charge is 0.322 e. The number of aromatic nitrogens is 2. The van der Waals surface area contributed by atoms with E-state index in [4.69, 9.17) is 15.9 Å². The van der Waals surface area contributed by atoms with Gasteiger partial charge < -0.3 is 36.9 Å². The van der Waals surface area contributed by atoms with Crippen LogP contribution in [0.15, 0.2) is 12.5 Å². The lowest BCUT2D eigenvalue weighted by Gasteiger charge is -2.23. The minimum Gasteiger partial charge on any atom is -0.481 e. The fourth-order valence-corrected chi connectivity index (χ4v) is 2.39. The van der Waals surface area contributed by atoms with Gasteiger partial charge in [-0.05, 0) is 0 Å². The van der Waals surface area contributed by atoms with Gasteiger partial charge in [-0.15, -0.1) is 0 Å². The van der Waals surface area contributed by atoms with Crippen molar-refractivity contribution >= 4 is 42.3 Å². The Morgan fingerprint density at radius 1 is 1.07 bits per heavy atom. The molecule has 1 rings (SSSR count). The molecule has 0 aliphatic heterocycles. The highest BCUT2D eigenvalue weighted by atomic mass is 32.1. The Hall–Kier alpha value is -3.13. The Morgan fingerprint density at radius 3 is 2.24 bits per heavy atom. The first kappa shape index (κ1) is 23.9. The average Bonchev–Trinajstić information content (AvgIpc) is 3.15. The van der Waals surface area contributed by atoms with Crippen molar-refractivity contribution in [3.05, 3.63) is 18.2 Å². The molecular weight excluding hydrogens is 408 g/mol. The van der Waals surface area contributed by atoms with Crippen molar-refractivity contribution in [3.63, 3.8) is 0 Å². The molecule has 1 aromatic rings. The van der Waals surface area contributed by atoms with Gasteiger partial charge in [0.05, 0.1) is 18.8 Å². The predicted octanol–water partition coefficient (Wildman–Crippen LogP) is -3.15. The zero-order chi connectivity index (χ0) is 22.0. The molecule has 0 spiro atoms. The number of rotatable bonds is 12. The standard InChI is InChI=1S/C15H22N6O7S/c16-8(2-11(22)23)13(26)20-9(1-7-3-17-6-19-7)15(28)21-10(5-29)14(27)18-4-12(24)25/h3,6,8-10,29H,1-2,4-5,16H2,(H,17,19)(H,18,27)(H,20,26)(H,21,28)(H,22,23)(H,24,25). The number of thiol groups is 1. The topological polar surface area (TPSA) is 217 Å². The number of hydrogen-bond donors (Lipinski definition) is 8. The van der Waals surface area contributed by atoms with Crippen molar-refractivity contribution in [2.45, 2.75) is 31.0 Å². The molecule has 0 radical (unpaired) electrons. The molecule has 14 heteroatoms. The number of imidazole rings is 1. The Labute approximate surface area is 170 Å². The van der Waals surface area contributed by atoms with Crippen molar-refractivity contribution in [1.82, 2.24) is 25.9 Å². The highest BCUT2D eigenvalue weighted by Gasteiger charge is 2.28. The van der Waals surface area contributed by atoms with E-state index in [-0.39, 0.29) is 12.2 Å². The molecule has 0 bridgehead atoms. The van der Waals surface area contributed by atoms with Crippen molar-refractivity contribution in [1.29, 1.82) is 0 Å². The van der Waals surface area contributed by atoms with Gasteiger partial charge in [-0.3, -0.25) is 24.0 Å². The van der Waals surface area contributed by atoms with Crippen molar-refractivity contribution < 1.29 is 34.2 Å². The molecule has 0 aliphatic rings. The van der Waals surface area contributed by atoms with Gasteiger partial charge in [0.25, 0.3) is 0 Å². The molecule has 1 heterocycles. The lowest BCUT2D eigenvalue weighted by atomic mass is 10.1. The molecule has 3 unspecified atom stereocenters. The number of H-pyrrole nitrogens is 1. The lowest BCUT2D eigenvalue weighted by Crippen LogP contribution is -2.57. The molecule has 1 aromatic heterocycles. The Bertz CT molecular complexity index is 742. The van der Waals surface area contributed by atoms with Crippen molar-refractivity contribution in [2.24, 2.45) is 5.73 Å². The second kappa shape index (κ2) is 11.7. The van der Waals surface area contributed by atoms with Gasteiger partial charge in [0.1, 0.15) is 18.6 Å². The molecule has 0 saturated heterocycles. The number of amides is 3. The summed E-state index contributed by atoms with van der Waals surface area (Å²) in [7, 11) is 0. The minimum absolute atomic E-state index is 0.0482. The summed E-state index contributed by atoms with van der Waals surface area (Å²) < 4.78 is 0. The van der Waals surface area contributed by atoms with Crippen LogP contribution in [-0.4, -0.2) is 80.3 Å². The number of carbonyl (C=O) groups is 5. The Balaban J connectivity index is 2.85. The maximum atomic E-state index is 12.6. The summed E-state index contributed by atoms with van der Waals surface area (Å²) in [5, 5.41) is 24.2. The number of nitrogens with zero attached hydrogens (tertiary/aromatic N) is 1. The van der Waals surface area contributed by atoms with E-state index in [2.05, 4.69) is 38.5 Å². The van der Waals surface area contributed by atoms with Gasteiger partial charge in [0.15, 0.2) is 0 Å². The quantitative estimate of drug-likeness (QED) is 0.157. The second-order valence-corrected chi connectivity index (χ2v) is 6.27. The van der Waals surface area contributed by atoms with Gasteiger partial charge in [-0.25, -0.2) is 4.98 Å². The number of hydrogen-bond acceptors (Lipinski definition) is 8. The first-order valence-electron chi connectivity index (χ1n) is 8.29. The summed E-state index contributed by atoms with van der Waals surface area (Å²) in [5.41, 5.74) is 5.99. The van der Waals surface area contributed by atoms with Crippen LogP contribution in [0.3, 0.4) is 0 Å². The van der Waals surface area contributed by atoms with E-state index < -0.39 is 60.8 Å². The molecule has 29 heavy (non-hydrogen) atoms. The van der Waals surface area contributed by atoms with Crippen LogP contribution in [-0.2, 0) is 30.4 Å². The molecule has 0 saturated carbocycles. The Morgan fingerprint density at radius 2 is 1.72 bits per heavy atom. The zero-order valence-corrected chi connectivity index (χ0v) is 16.0. The maximum Gasteiger partial charge on any atom is 0.322 e. The molecule has 160 valence electrons. The maximum absolute atomic E-state index is 12.6. The van der Waals surface area contributed by atoms with Gasteiger partial charge >= 0.3 is 11.9 Å². The van der Waals surface area contributed by atoms with E-state index in [1.165, 1.54) is 12.5 Å². The molecule has 3 atom stereocenters. The molecule has 3 amide bonds. The van der Waals surface area contributed by atoms with E-state index in [0.717, 1.165) is 0 Å². The van der Waals surface area contributed by atoms with E-state index in [0.29, 0.717) is 5.69 Å². The van der Waals surface area contributed by atoms with Crippen molar-refractivity contribution in [3.8, 4) is 0 Å². The highest BCUT2D eigenvalue weighted by molar-refractivity contribution is 7.80. The summed E-state index contributed by atoms with van der Waals surface area (Å²) in [4.78, 5) is 64.5. The number of nitrogens with two attached hydrogens (primary N) is 1.